The number of ether oxygens (including phenoxy) is 2. The lowest BCUT2D eigenvalue weighted by Gasteiger charge is -2.28. The zero-order valence-corrected chi connectivity index (χ0v) is 49.8. The maximum atomic E-state index is 12.8. The molecule has 76 heavy (non-hydrogen) atoms. The number of allylic oxidation sites excluding steroid dienone is 22. The number of hydrogen-bond donors (Lipinski definition) is 0. The van der Waals surface area contributed by atoms with Crippen LogP contribution in [0.1, 0.15) is 219 Å². The minimum atomic E-state index is -4.66. The van der Waals surface area contributed by atoms with Crippen molar-refractivity contribution in [3.05, 3.63) is 134 Å². The van der Waals surface area contributed by atoms with Gasteiger partial charge in [-0.05, 0) is 116 Å². The van der Waals surface area contributed by atoms with Gasteiger partial charge in [0, 0.05) is 12.8 Å². The molecule has 0 fully saturated rings. The molecule has 2 atom stereocenters. The summed E-state index contributed by atoms with van der Waals surface area (Å²) in [6.45, 7) is 4.06. The van der Waals surface area contributed by atoms with Gasteiger partial charge in [0.2, 0.25) is 0 Å². The molecular formula is C66H110NO8P. The summed E-state index contributed by atoms with van der Waals surface area (Å²) in [5.41, 5.74) is 0. The summed E-state index contributed by atoms with van der Waals surface area (Å²) < 4.78 is 34.1. The molecule has 0 saturated carbocycles. The van der Waals surface area contributed by atoms with Crippen LogP contribution >= 0.6 is 7.82 Å². The van der Waals surface area contributed by atoms with Gasteiger partial charge in [-0.2, -0.15) is 0 Å². The molecule has 2 unspecified atom stereocenters. The molecule has 0 amide bonds. The Morgan fingerprint density at radius 3 is 1.12 bits per heavy atom. The normalized spacial score (nSPS) is 14.2. The van der Waals surface area contributed by atoms with E-state index in [4.69, 9.17) is 18.5 Å². The van der Waals surface area contributed by atoms with Crippen LogP contribution in [0.5, 0.6) is 0 Å². The fourth-order valence-corrected chi connectivity index (χ4v) is 8.29. The number of rotatable bonds is 53. The number of phosphoric acid groups is 1. The van der Waals surface area contributed by atoms with Crippen molar-refractivity contribution in [2.45, 2.75) is 225 Å². The van der Waals surface area contributed by atoms with Crippen molar-refractivity contribution in [2.24, 2.45) is 0 Å². The number of phosphoric ester groups is 1. The van der Waals surface area contributed by atoms with Gasteiger partial charge in [-0.1, -0.05) is 225 Å². The molecule has 432 valence electrons. The second-order valence-electron chi connectivity index (χ2n) is 20.6. The van der Waals surface area contributed by atoms with Crippen molar-refractivity contribution in [1.82, 2.24) is 0 Å². The Morgan fingerprint density at radius 1 is 0.421 bits per heavy atom. The van der Waals surface area contributed by atoms with Crippen LogP contribution in [-0.2, 0) is 32.7 Å². The summed E-state index contributed by atoms with van der Waals surface area (Å²) in [6, 6.07) is 0. The van der Waals surface area contributed by atoms with Crippen LogP contribution in [0, 0.1) is 0 Å². The Labute approximate surface area is 466 Å². The number of carbonyl (C=O) groups is 2. The van der Waals surface area contributed by atoms with Gasteiger partial charge < -0.3 is 27.9 Å². The molecule has 0 aromatic carbocycles. The molecular weight excluding hydrogens is 966 g/mol. The van der Waals surface area contributed by atoms with E-state index in [1.165, 1.54) is 64.2 Å². The molecule has 0 aliphatic rings. The van der Waals surface area contributed by atoms with E-state index in [-0.39, 0.29) is 26.1 Å². The van der Waals surface area contributed by atoms with E-state index in [9.17, 15) is 19.0 Å². The Hall–Kier alpha value is -3.85. The monoisotopic (exact) mass is 1080 g/mol. The number of hydrogen-bond acceptors (Lipinski definition) is 8. The quantitative estimate of drug-likeness (QED) is 0.0195. The molecule has 0 heterocycles. The fraction of sp³-hybridized carbons (Fsp3) is 0.636. The first-order valence-corrected chi connectivity index (χ1v) is 31.4. The van der Waals surface area contributed by atoms with Gasteiger partial charge in [0.05, 0.1) is 27.7 Å². The molecule has 0 aromatic rings. The van der Waals surface area contributed by atoms with Gasteiger partial charge in [-0.25, -0.2) is 0 Å². The average Bonchev–Trinajstić information content (AvgIpc) is 3.38. The van der Waals surface area contributed by atoms with E-state index < -0.39 is 32.5 Å². The highest BCUT2D eigenvalue weighted by Crippen LogP contribution is 2.38. The molecule has 9 nitrogen and oxygen atoms in total. The lowest BCUT2D eigenvalue weighted by Crippen LogP contribution is -2.37. The van der Waals surface area contributed by atoms with Crippen molar-refractivity contribution >= 4 is 19.8 Å². The van der Waals surface area contributed by atoms with Crippen LogP contribution in [0.15, 0.2) is 134 Å². The number of carbonyl (C=O) groups excluding carboxylic acids is 2. The number of nitrogens with zero attached hydrogens (tertiary/aromatic N) is 1. The number of esters is 2. The fourth-order valence-electron chi connectivity index (χ4n) is 7.56. The Kier molecular flexibility index (Phi) is 53.1. The van der Waals surface area contributed by atoms with E-state index in [1.54, 1.807) is 0 Å². The largest absolute Gasteiger partial charge is 0.756 e. The van der Waals surface area contributed by atoms with Crippen LogP contribution < -0.4 is 4.89 Å². The zero-order valence-electron chi connectivity index (χ0n) is 48.9. The molecule has 0 rings (SSSR count). The van der Waals surface area contributed by atoms with Crippen molar-refractivity contribution in [3.8, 4) is 0 Å². The van der Waals surface area contributed by atoms with Gasteiger partial charge in [-0.3, -0.25) is 14.2 Å². The molecule has 0 N–H and O–H groups in total. The van der Waals surface area contributed by atoms with Crippen LogP contribution in [-0.4, -0.2) is 70.0 Å². The van der Waals surface area contributed by atoms with Crippen LogP contribution in [0.25, 0.3) is 0 Å². The number of unbranched alkanes of at least 4 members (excludes halogenated alkanes) is 17. The summed E-state index contributed by atoms with van der Waals surface area (Å²) in [5.74, 6) is -0.880. The maximum absolute atomic E-state index is 12.8. The van der Waals surface area contributed by atoms with Crippen LogP contribution in [0.3, 0.4) is 0 Å². The van der Waals surface area contributed by atoms with E-state index in [0.717, 1.165) is 116 Å². The minimum Gasteiger partial charge on any atom is -0.756 e. The first kappa shape index (κ1) is 72.2. The van der Waals surface area contributed by atoms with Gasteiger partial charge in [0.15, 0.2) is 6.10 Å². The maximum Gasteiger partial charge on any atom is 0.306 e. The summed E-state index contributed by atoms with van der Waals surface area (Å²) in [5, 5.41) is 0. The standard InChI is InChI=1S/C66H110NO8P/c1-6-8-10-12-14-16-18-20-22-24-26-28-30-31-32-33-34-35-37-39-41-43-45-47-49-51-53-55-57-59-66(69)75-64(63-74-76(70,71)73-61-60-67(3,4)5)62-72-65(68)58-56-54-52-50-48-46-44-42-40-38-36-29-27-25-23-21-19-17-15-13-11-9-7-2/h8,10,14,16,19-22,25-28,31-32,34-36,38-39,41,45,47,64H,6-7,9,11-13,15,17-18,23-24,29-30,33,37,40,42-44,46,48-63H2,1-5H3/b10-8-,16-14-,21-19-,22-20-,27-25-,28-26-,32-31-,35-34-,38-36-,41-39-,47-45-. The van der Waals surface area contributed by atoms with E-state index >= 15 is 0 Å². The van der Waals surface area contributed by atoms with Crippen LogP contribution in [0.2, 0.25) is 0 Å². The molecule has 0 saturated heterocycles. The van der Waals surface area contributed by atoms with Crippen molar-refractivity contribution in [3.63, 3.8) is 0 Å². The topological polar surface area (TPSA) is 111 Å². The Bertz CT molecular complexity index is 1740. The van der Waals surface area contributed by atoms with E-state index in [0.29, 0.717) is 23.9 Å². The number of quaternary nitrogens is 1. The molecule has 0 radical (unpaired) electrons. The third kappa shape index (κ3) is 59.4. The highest BCUT2D eigenvalue weighted by atomic mass is 31.2. The lowest BCUT2D eigenvalue weighted by molar-refractivity contribution is -0.870. The van der Waals surface area contributed by atoms with Crippen molar-refractivity contribution < 1.29 is 42.1 Å². The SMILES string of the molecule is CC/C=C\C/C=C\C/C=C\C/C=C\C/C=C\C/C=C\C/C=C\C/C=C\CCCCCCC(=O)OC(COC(=O)CCCCCCCCCC/C=C\C/C=C\C/C=C\CCCCCCC)COP(=O)([O-])OCC[N+](C)(C)C. The summed E-state index contributed by atoms with van der Waals surface area (Å²) >= 11 is 0. The zero-order chi connectivity index (χ0) is 55.6. The van der Waals surface area contributed by atoms with Gasteiger partial charge in [0.1, 0.15) is 19.8 Å². The molecule has 0 aromatic heterocycles. The second kappa shape index (κ2) is 55.9. The smallest absolute Gasteiger partial charge is 0.306 e. The second-order valence-corrected chi connectivity index (χ2v) is 22.0. The minimum absolute atomic E-state index is 0.0455. The highest BCUT2D eigenvalue weighted by Gasteiger charge is 2.21. The predicted octanol–water partition coefficient (Wildman–Crippen LogP) is 18.3. The molecule has 0 bridgehead atoms. The Balaban J connectivity index is 4.29. The van der Waals surface area contributed by atoms with Gasteiger partial charge in [0.25, 0.3) is 7.82 Å². The third-order valence-electron chi connectivity index (χ3n) is 12.2. The third-order valence-corrected chi connectivity index (χ3v) is 13.1. The van der Waals surface area contributed by atoms with Crippen molar-refractivity contribution in [1.29, 1.82) is 0 Å². The van der Waals surface area contributed by atoms with Crippen molar-refractivity contribution in [2.75, 3.05) is 47.5 Å². The average molecular weight is 1080 g/mol. The van der Waals surface area contributed by atoms with Gasteiger partial charge in [-0.15, -0.1) is 0 Å². The van der Waals surface area contributed by atoms with E-state index in [2.05, 4.69) is 148 Å². The molecule has 0 aliphatic heterocycles. The van der Waals surface area contributed by atoms with Crippen LogP contribution in [0.4, 0.5) is 0 Å². The van der Waals surface area contributed by atoms with Gasteiger partial charge >= 0.3 is 11.9 Å². The molecule has 0 spiro atoms. The summed E-state index contributed by atoms with van der Waals surface area (Å²) in [6.07, 6.45) is 80.6. The lowest BCUT2D eigenvalue weighted by atomic mass is 10.1. The first-order valence-electron chi connectivity index (χ1n) is 29.9. The predicted molar refractivity (Wildman–Crippen MR) is 323 cm³/mol. The van der Waals surface area contributed by atoms with E-state index in [1.807, 2.05) is 21.1 Å². The highest BCUT2D eigenvalue weighted by molar-refractivity contribution is 7.45. The number of likely N-dealkylation sites (N-methyl/N-ethyl adjacent to an activating group) is 1. The molecule has 0 aliphatic carbocycles. The Morgan fingerprint density at radius 2 is 0.750 bits per heavy atom. The summed E-state index contributed by atoms with van der Waals surface area (Å²) in [4.78, 5) is 37.9. The molecule has 10 heteroatoms. The first-order chi connectivity index (χ1) is 37.0. The summed E-state index contributed by atoms with van der Waals surface area (Å²) in [7, 11) is 1.12.